The summed E-state index contributed by atoms with van der Waals surface area (Å²) < 4.78 is 113. The fraction of sp³-hybridized carbons (Fsp3) is 0.818. The van der Waals surface area contributed by atoms with Gasteiger partial charge in [0, 0.05) is 0 Å². The van der Waals surface area contributed by atoms with Crippen LogP contribution in [0.5, 0.6) is 0 Å². The van der Waals surface area contributed by atoms with E-state index in [4.69, 9.17) is 0 Å². The SMILES string of the molecule is COC(=O)OCCOC(=O)OCCOP(=O)(OCC(F)(F)F)OCC(F)(F)F. The average Bonchev–Trinajstić information content (AvgIpc) is 2.58. The quantitative estimate of drug-likeness (QED) is 0.200. The van der Waals surface area contributed by atoms with Crippen molar-refractivity contribution in [3.05, 3.63) is 0 Å². The lowest BCUT2D eigenvalue weighted by atomic mass is 10.7. The van der Waals surface area contributed by atoms with Crippen molar-refractivity contribution in [3.63, 3.8) is 0 Å². The first-order valence-corrected chi connectivity index (χ1v) is 8.40. The third-order valence-corrected chi connectivity index (χ3v) is 3.40. The van der Waals surface area contributed by atoms with E-state index < -0.39 is 65.5 Å². The molecule has 0 bridgehead atoms. The summed E-state index contributed by atoms with van der Waals surface area (Å²) in [6, 6.07) is 0. The number of ether oxygens (including phenoxy) is 4. The fourth-order valence-electron chi connectivity index (χ4n) is 1.04. The molecule has 0 rings (SSSR count). The van der Waals surface area contributed by atoms with E-state index in [-0.39, 0.29) is 6.61 Å². The van der Waals surface area contributed by atoms with Crippen molar-refractivity contribution in [3.8, 4) is 0 Å². The van der Waals surface area contributed by atoms with Gasteiger partial charge >= 0.3 is 32.5 Å². The second-order valence-electron chi connectivity index (χ2n) is 4.31. The molecule has 0 aliphatic carbocycles. The lowest BCUT2D eigenvalue weighted by Crippen LogP contribution is -2.21. The van der Waals surface area contributed by atoms with Gasteiger partial charge in [0.1, 0.15) is 19.8 Å². The number of phosphoric acid groups is 1. The first kappa shape index (κ1) is 26.2. The second kappa shape index (κ2) is 11.9. The van der Waals surface area contributed by atoms with Gasteiger partial charge in [-0.2, -0.15) is 26.3 Å². The fourth-order valence-corrected chi connectivity index (χ4v) is 2.17. The lowest BCUT2D eigenvalue weighted by Gasteiger charge is -2.19. The molecule has 17 heteroatoms. The minimum Gasteiger partial charge on any atom is -0.438 e. The normalized spacial score (nSPS) is 12.4. The minimum atomic E-state index is -5.26. The summed E-state index contributed by atoms with van der Waals surface area (Å²) >= 11 is 0. The zero-order valence-electron chi connectivity index (χ0n) is 14.0. The van der Waals surface area contributed by atoms with Crippen LogP contribution in [0.15, 0.2) is 0 Å². The number of rotatable bonds is 11. The Morgan fingerprint density at radius 1 is 0.714 bits per heavy atom. The van der Waals surface area contributed by atoms with Crippen molar-refractivity contribution in [2.24, 2.45) is 0 Å². The van der Waals surface area contributed by atoms with E-state index in [1.807, 2.05) is 0 Å². The number of carbonyl (C=O) groups excluding carboxylic acids is 2. The highest BCUT2D eigenvalue weighted by atomic mass is 31.2. The highest BCUT2D eigenvalue weighted by Gasteiger charge is 2.39. The summed E-state index contributed by atoms with van der Waals surface area (Å²) in [7, 11) is -4.22. The molecule has 0 heterocycles. The zero-order valence-corrected chi connectivity index (χ0v) is 14.9. The molecule has 0 atom stereocenters. The third-order valence-electron chi connectivity index (χ3n) is 2.02. The molecule has 0 saturated carbocycles. The molecule has 0 unspecified atom stereocenters. The number of methoxy groups -OCH3 is 1. The number of alkyl halides is 6. The highest BCUT2D eigenvalue weighted by molar-refractivity contribution is 7.48. The first-order valence-electron chi connectivity index (χ1n) is 6.94. The summed E-state index contributed by atoms with van der Waals surface area (Å²) in [5, 5.41) is 0. The molecule has 28 heavy (non-hydrogen) atoms. The molecule has 0 spiro atoms. The summed E-state index contributed by atoms with van der Waals surface area (Å²) in [6.07, 6.45) is -12.4. The Morgan fingerprint density at radius 3 is 1.50 bits per heavy atom. The van der Waals surface area contributed by atoms with E-state index in [1.54, 1.807) is 0 Å². The lowest BCUT2D eigenvalue weighted by molar-refractivity contribution is -0.170. The summed E-state index contributed by atoms with van der Waals surface area (Å²) in [6.45, 7) is -6.97. The number of carbonyl (C=O) groups is 2. The average molecular weight is 452 g/mol. The summed E-state index contributed by atoms with van der Waals surface area (Å²) in [4.78, 5) is 21.7. The van der Waals surface area contributed by atoms with Crippen molar-refractivity contribution in [2.45, 2.75) is 12.4 Å². The van der Waals surface area contributed by atoms with E-state index in [9.17, 15) is 40.5 Å². The van der Waals surface area contributed by atoms with Crippen molar-refractivity contribution in [2.75, 3.05) is 46.8 Å². The molecule has 0 amide bonds. The van der Waals surface area contributed by atoms with Crippen LogP contribution in [0.2, 0.25) is 0 Å². The van der Waals surface area contributed by atoms with Crippen molar-refractivity contribution >= 4 is 20.1 Å². The Labute approximate surface area is 153 Å². The summed E-state index contributed by atoms with van der Waals surface area (Å²) in [5.74, 6) is 0. The molecule has 0 aliphatic heterocycles. The van der Waals surface area contributed by atoms with E-state index >= 15 is 0 Å². The van der Waals surface area contributed by atoms with Crippen LogP contribution in [0.3, 0.4) is 0 Å². The number of phosphoric ester groups is 1. The molecule has 0 N–H and O–H groups in total. The molecule has 0 aromatic carbocycles. The molecular formula is C11H15F6O10P. The maximum Gasteiger partial charge on any atom is 0.508 e. The summed E-state index contributed by atoms with van der Waals surface area (Å²) in [5.41, 5.74) is 0. The van der Waals surface area contributed by atoms with Gasteiger partial charge in [-0.3, -0.25) is 13.6 Å². The highest BCUT2D eigenvalue weighted by Crippen LogP contribution is 2.51. The van der Waals surface area contributed by atoms with Gasteiger partial charge in [-0.05, 0) is 0 Å². The number of hydrogen-bond donors (Lipinski definition) is 0. The Kier molecular flexibility index (Phi) is 11.2. The Hall–Kier alpha value is -1.77. The molecule has 0 aromatic rings. The van der Waals surface area contributed by atoms with E-state index in [2.05, 4.69) is 32.5 Å². The van der Waals surface area contributed by atoms with Crippen molar-refractivity contribution in [1.82, 2.24) is 0 Å². The molecular weight excluding hydrogens is 437 g/mol. The smallest absolute Gasteiger partial charge is 0.438 e. The Morgan fingerprint density at radius 2 is 1.11 bits per heavy atom. The molecule has 10 nitrogen and oxygen atoms in total. The Balaban J connectivity index is 4.29. The van der Waals surface area contributed by atoms with Crippen LogP contribution in [0.25, 0.3) is 0 Å². The van der Waals surface area contributed by atoms with Crippen LogP contribution < -0.4 is 0 Å². The predicted molar refractivity (Wildman–Crippen MR) is 73.2 cm³/mol. The molecule has 0 aliphatic rings. The number of halogens is 6. The van der Waals surface area contributed by atoms with Gasteiger partial charge in [0.05, 0.1) is 13.7 Å². The monoisotopic (exact) mass is 452 g/mol. The minimum absolute atomic E-state index is 0.385. The van der Waals surface area contributed by atoms with Crippen molar-refractivity contribution in [1.29, 1.82) is 0 Å². The van der Waals surface area contributed by atoms with Gasteiger partial charge < -0.3 is 18.9 Å². The zero-order chi connectivity index (χ0) is 21.8. The molecule has 0 fully saturated rings. The molecule has 0 aromatic heterocycles. The van der Waals surface area contributed by atoms with Crippen LogP contribution in [0.1, 0.15) is 0 Å². The second-order valence-corrected chi connectivity index (χ2v) is 5.98. The largest absolute Gasteiger partial charge is 0.508 e. The van der Waals surface area contributed by atoms with Crippen molar-refractivity contribution < 1.29 is 73.0 Å². The van der Waals surface area contributed by atoms with Gasteiger partial charge in [-0.15, -0.1) is 0 Å². The van der Waals surface area contributed by atoms with Crippen LogP contribution in [0, 0.1) is 0 Å². The standard InChI is InChI=1S/C11H15F6O10P/c1-21-8(18)22-2-3-23-9(19)24-4-5-25-28(20,26-6-10(12,13)14)27-7-11(15,16)17/h2-7H2,1H3. The van der Waals surface area contributed by atoms with Crippen LogP contribution in [0.4, 0.5) is 35.9 Å². The van der Waals surface area contributed by atoms with Crippen LogP contribution >= 0.6 is 7.82 Å². The van der Waals surface area contributed by atoms with E-state index in [1.165, 1.54) is 0 Å². The van der Waals surface area contributed by atoms with Gasteiger partial charge in [-0.1, -0.05) is 0 Å². The first-order chi connectivity index (χ1) is 12.8. The van der Waals surface area contributed by atoms with Gasteiger partial charge in [0.25, 0.3) is 0 Å². The topological polar surface area (TPSA) is 116 Å². The molecule has 0 radical (unpaired) electrons. The number of hydrogen-bond acceptors (Lipinski definition) is 10. The van der Waals surface area contributed by atoms with E-state index in [0.717, 1.165) is 7.11 Å². The third kappa shape index (κ3) is 15.3. The van der Waals surface area contributed by atoms with Gasteiger partial charge in [0.2, 0.25) is 0 Å². The molecule has 0 saturated heterocycles. The van der Waals surface area contributed by atoms with Crippen LogP contribution in [-0.4, -0.2) is 71.4 Å². The maximum absolute atomic E-state index is 12.1. The maximum atomic E-state index is 12.1. The Bertz CT molecular complexity index is 515. The van der Waals surface area contributed by atoms with Gasteiger partial charge in [-0.25, -0.2) is 14.2 Å². The molecule has 166 valence electrons. The predicted octanol–water partition coefficient (Wildman–Crippen LogP) is 3.21. The van der Waals surface area contributed by atoms with E-state index in [0.29, 0.717) is 0 Å². The van der Waals surface area contributed by atoms with Gasteiger partial charge in [0.15, 0.2) is 13.2 Å². The van der Waals surface area contributed by atoms with Crippen LogP contribution in [-0.2, 0) is 37.1 Å².